The number of rotatable bonds is 3. The van der Waals surface area contributed by atoms with Crippen LogP contribution in [0.4, 0.5) is 13.2 Å². The Morgan fingerprint density at radius 2 is 1.81 bits per heavy atom. The molecule has 2 nitrogen and oxygen atoms in total. The summed E-state index contributed by atoms with van der Waals surface area (Å²) < 4.78 is 38.4. The first-order chi connectivity index (χ1) is 9.91. The minimum absolute atomic E-state index is 0.0406. The molecular formula is C15H23BrF3NO. The van der Waals surface area contributed by atoms with Gasteiger partial charge in [-0.15, -0.1) is 0 Å². The average Bonchev–Trinajstić information content (AvgIpc) is 2.47. The van der Waals surface area contributed by atoms with Gasteiger partial charge >= 0.3 is 6.18 Å². The largest absolute Gasteiger partial charge is 0.391 e. The summed E-state index contributed by atoms with van der Waals surface area (Å²) in [6.45, 7) is 0. The van der Waals surface area contributed by atoms with Crippen molar-refractivity contribution in [2.45, 2.75) is 63.6 Å². The summed E-state index contributed by atoms with van der Waals surface area (Å²) in [6.07, 6.45) is 1.32. The number of halogens is 4. The second-order valence-corrected chi connectivity index (χ2v) is 7.06. The van der Waals surface area contributed by atoms with Crippen molar-refractivity contribution in [1.29, 1.82) is 0 Å². The van der Waals surface area contributed by atoms with Crippen LogP contribution < -0.4 is 5.32 Å². The molecule has 1 N–H and O–H groups in total. The van der Waals surface area contributed by atoms with E-state index in [2.05, 4.69) is 21.2 Å². The van der Waals surface area contributed by atoms with Crippen LogP contribution in [0.15, 0.2) is 0 Å². The monoisotopic (exact) mass is 369 g/mol. The van der Waals surface area contributed by atoms with Gasteiger partial charge in [0.05, 0.1) is 5.92 Å². The summed E-state index contributed by atoms with van der Waals surface area (Å²) in [5, 5.41) is 3.87. The molecule has 21 heavy (non-hydrogen) atoms. The van der Waals surface area contributed by atoms with Crippen LogP contribution in [-0.4, -0.2) is 23.5 Å². The van der Waals surface area contributed by atoms with Gasteiger partial charge in [-0.05, 0) is 38.0 Å². The van der Waals surface area contributed by atoms with Crippen molar-refractivity contribution in [1.82, 2.24) is 5.32 Å². The molecule has 4 atom stereocenters. The Morgan fingerprint density at radius 3 is 2.48 bits per heavy atom. The SMILES string of the molecule is O=C(NC1CCCCC1CBr)C1CCCC(C(F)(F)F)C1. The summed E-state index contributed by atoms with van der Waals surface area (Å²) >= 11 is 3.47. The minimum Gasteiger partial charge on any atom is -0.353 e. The van der Waals surface area contributed by atoms with Crippen molar-refractivity contribution in [2.75, 3.05) is 5.33 Å². The maximum absolute atomic E-state index is 12.8. The van der Waals surface area contributed by atoms with Crippen LogP contribution in [0.5, 0.6) is 0 Å². The van der Waals surface area contributed by atoms with Crippen LogP contribution >= 0.6 is 15.9 Å². The predicted molar refractivity (Wildman–Crippen MR) is 79.2 cm³/mol. The highest BCUT2D eigenvalue weighted by Gasteiger charge is 2.43. The molecule has 2 saturated carbocycles. The molecule has 2 fully saturated rings. The molecule has 0 aromatic carbocycles. The Kier molecular flexibility index (Phi) is 5.97. The van der Waals surface area contributed by atoms with Gasteiger partial charge < -0.3 is 5.32 Å². The third kappa shape index (κ3) is 4.60. The molecule has 0 spiro atoms. The van der Waals surface area contributed by atoms with Crippen molar-refractivity contribution < 1.29 is 18.0 Å². The minimum atomic E-state index is -4.16. The van der Waals surface area contributed by atoms with Crippen LogP contribution in [0.2, 0.25) is 0 Å². The zero-order valence-corrected chi connectivity index (χ0v) is 13.7. The predicted octanol–water partition coefficient (Wildman–Crippen LogP) is 4.43. The quantitative estimate of drug-likeness (QED) is 0.732. The lowest BCUT2D eigenvalue weighted by Crippen LogP contribution is -2.46. The summed E-state index contributed by atoms with van der Waals surface area (Å²) in [4.78, 5) is 12.3. The van der Waals surface area contributed by atoms with Gasteiger partial charge in [-0.1, -0.05) is 35.2 Å². The van der Waals surface area contributed by atoms with E-state index < -0.39 is 18.0 Å². The van der Waals surface area contributed by atoms with Crippen LogP contribution in [0, 0.1) is 17.8 Å². The van der Waals surface area contributed by atoms with Gasteiger partial charge in [0, 0.05) is 17.3 Å². The fourth-order valence-electron chi connectivity index (χ4n) is 3.61. The lowest BCUT2D eigenvalue weighted by atomic mass is 9.79. The van der Waals surface area contributed by atoms with Gasteiger partial charge in [-0.2, -0.15) is 13.2 Å². The molecule has 0 radical (unpaired) electrons. The Bertz CT molecular complexity index is 361. The second-order valence-electron chi connectivity index (χ2n) is 6.42. The average molecular weight is 370 g/mol. The van der Waals surface area contributed by atoms with Crippen LogP contribution in [-0.2, 0) is 4.79 Å². The van der Waals surface area contributed by atoms with E-state index in [0.717, 1.165) is 24.6 Å². The summed E-state index contributed by atoms with van der Waals surface area (Å²) in [5.74, 6) is -1.53. The molecule has 0 aliphatic heterocycles. The van der Waals surface area contributed by atoms with Crippen LogP contribution in [0.3, 0.4) is 0 Å². The van der Waals surface area contributed by atoms with Crippen molar-refractivity contribution in [3.05, 3.63) is 0 Å². The fourth-order valence-corrected chi connectivity index (χ4v) is 4.38. The third-order valence-electron chi connectivity index (χ3n) is 4.94. The van der Waals surface area contributed by atoms with Gasteiger partial charge in [0.25, 0.3) is 0 Å². The topological polar surface area (TPSA) is 29.1 Å². The number of carbonyl (C=O) groups excluding carboxylic acids is 1. The first kappa shape index (κ1) is 17.1. The molecule has 1 amide bonds. The summed E-state index contributed by atoms with van der Waals surface area (Å²) in [7, 11) is 0. The lowest BCUT2D eigenvalue weighted by Gasteiger charge is -2.34. The van der Waals surface area contributed by atoms with E-state index >= 15 is 0 Å². The van der Waals surface area contributed by atoms with Crippen LogP contribution in [0.1, 0.15) is 51.4 Å². The van der Waals surface area contributed by atoms with Crippen molar-refractivity contribution in [3.8, 4) is 0 Å². The van der Waals surface area contributed by atoms with E-state index in [4.69, 9.17) is 0 Å². The van der Waals surface area contributed by atoms with Crippen molar-refractivity contribution in [2.24, 2.45) is 17.8 Å². The Labute approximate surface area is 132 Å². The fraction of sp³-hybridized carbons (Fsp3) is 0.933. The third-order valence-corrected chi connectivity index (χ3v) is 5.77. The van der Waals surface area contributed by atoms with E-state index in [0.29, 0.717) is 18.8 Å². The first-order valence-corrected chi connectivity index (χ1v) is 8.97. The Hall–Kier alpha value is -0.260. The van der Waals surface area contributed by atoms with Crippen molar-refractivity contribution >= 4 is 21.8 Å². The highest BCUT2D eigenvalue weighted by molar-refractivity contribution is 9.09. The van der Waals surface area contributed by atoms with Gasteiger partial charge in [-0.25, -0.2) is 0 Å². The highest BCUT2D eigenvalue weighted by Crippen LogP contribution is 2.40. The number of carbonyl (C=O) groups is 1. The van der Waals surface area contributed by atoms with E-state index in [1.807, 2.05) is 0 Å². The van der Waals surface area contributed by atoms with Gasteiger partial charge in [0.15, 0.2) is 0 Å². The number of hydrogen-bond acceptors (Lipinski definition) is 1. The van der Waals surface area contributed by atoms with E-state index in [-0.39, 0.29) is 24.8 Å². The number of nitrogens with one attached hydrogen (secondary N) is 1. The molecule has 0 aromatic rings. The smallest absolute Gasteiger partial charge is 0.353 e. The molecule has 0 saturated heterocycles. The molecule has 2 rings (SSSR count). The van der Waals surface area contributed by atoms with Crippen molar-refractivity contribution in [3.63, 3.8) is 0 Å². The number of amides is 1. The lowest BCUT2D eigenvalue weighted by molar-refractivity contribution is -0.186. The molecule has 6 heteroatoms. The molecule has 2 aliphatic carbocycles. The Balaban J connectivity index is 1.90. The number of hydrogen-bond donors (Lipinski definition) is 1. The zero-order valence-electron chi connectivity index (χ0n) is 12.1. The molecule has 4 unspecified atom stereocenters. The van der Waals surface area contributed by atoms with E-state index in [1.165, 1.54) is 6.42 Å². The standard InChI is InChI=1S/C15H23BrF3NO/c16-9-11-4-1-2-7-13(11)20-14(21)10-5-3-6-12(8-10)15(17,18)19/h10-13H,1-9H2,(H,20,21). The summed E-state index contributed by atoms with van der Waals surface area (Å²) in [5.41, 5.74) is 0. The summed E-state index contributed by atoms with van der Waals surface area (Å²) in [6, 6.07) is 0.122. The number of alkyl halides is 4. The van der Waals surface area contributed by atoms with Crippen LogP contribution in [0.25, 0.3) is 0 Å². The molecular weight excluding hydrogens is 347 g/mol. The maximum Gasteiger partial charge on any atom is 0.391 e. The van der Waals surface area contributed by atoms with Gasteiger partial charge in [-0.3, -0.25) is 4.79 Å². The maximum atomic E-state index is 12.8. The van der Waals surface area contributed by atoms with E-state index in [9.17, 15) is 18.0 Å². The van der Waals surface area contributed by atoms with E-state index in [1.54, 1.807) is 0 Å². The molecule has 2 aliphatic rings. The van der Waals surface area contributed by atoms with Gasteiger partial charge in [0.1, 0.15) is 0 Å². The second kappa shape index (κ2) is 7.34. The zero-order chi connectivity index (χ0) is 15.5. The highest BCUT2D eigenvalue weighted by atomic mass is 79.9. The first-order valence-electron chi connectivity index (χ1n) is 7.85. The molecule has 0 bridgehead atoms. The van der Waals surface area contributed by atoms with Gasteiger partial charge in [0.2, 0.25) is 5.91 Å². The molecule has 0 heterocycles. The molecule has 122 valence electrons. The molecule has 0 aromatic heterocycles. The normalized spacial score (nSPS) is 34.5. The Morgan fingerprint density at radius 1 is 1.10 bits per heavy atom.